The molecular weight excluding hydrogens is 272 g/mol. The number of amides is 1. The quantitative estimate of drug-likeness (QED) is 0.921. The smallest absolute Gasteiger partial charge is 0.254 e. The summed E-state index contributed by atoms with van der Waals surface area (Å²) in [5, 5.41) is 19.3. The van der Waals surface area contributed by atoms with E-state index in [1.165, 1.54) is 0 Å². The van der Waals surface area contributed by atoms with Gasteiger partial charge in [-0.15, -0.1) is 0 Å². The highest BCUT2D eigenvalue weighted by molar-refractivity contribution is 7.99. The van der Waals surface area contributed by atoms with Crippen LogP contribution >= 0.6 is 11.8 Å². The molecule has 106 valence electrons. The summed E-state index contributed by atoms with van der Waals surface area (Å²) in [4.78, 5) is 13.9. The van der Waals surface area contributed by atoms with Gasteiger partial charge in [-0.25, -0.2) is 0 Å². The Labute approximate surface area is 123 Å². The van der Waals surface area contributed by atoms with Crippen LogP contribution in [0.5, 0.6) is 0 Å². The van der Waals surface area contributed by atoms with Crippen molar-refractivity contribution in [3.05, 3.63) is 35.4 Å². The van der Waals surface area contributed by atoms with Gasteiger partial charge in [0.2, 0.25) is 0 Å². The summed E-state index contributed by atoms with van der Waals surface area (Å²) in [6.45, 7) is 0.407. The van der Waals surface area contributed by atoms with E-state index in [4.69, 9.17) is 5.26 Å². The third-order valence-electron chi connectivity index (χ3n) is 3.54. The van der Waals surface area contributed by atoms with Crippen molar-refractivity contribution in [2.75, 3.05) is 18.6 Å². The summed E-state index contributed by atoms with van der Waals surface area (Å²) >= 11 is 1.77. The van der Waals surface area contributed by atoms with Crippen molar-refractivity contribution in [3.63, 3.8) is 0 Å². The lowest BCUT2D eigenvalue weighted by Gasteiger charge is -2.34. The molecule has 0 bridgehead atoms. The van der Waals surface area contributed by atoms with Gasteiger partial charge in [0.25, 0.3) is 5.91 Å². The Morgan fingerprint density at radius 3 is 2.85 bits per heavy atom. The van der Waals surface area contributed by atoms with E-state index in [9.17, 15) is 9.90 Å². The molecule has 1 fully saturated rings. The van der Waals surface area contributed by atoms with Crippen LogP contribution in [-0.4, -0.2) is 40.1 Å². The van der Waals surface area contributed by atoms with Crippen molar-refractivity contribution in [2.24, 2.45) is 0 Å². The summed E-state index contributed by atoms with van der Waals surface area (Å²) in [5.74, 6) is 1.42. The van der Waals surface area contributed by atoms with Gasteiger partial charge < -0.3 is 10.0 Å². The Balaban J connectivity index is 2.05. The van der Waals surface area contributed by atoms with Gasteiger partial charge >= 0.3 is 0 Å². The maximum atomic E-state index is 12.4. The Kier molecular flexibility index (Phi) is 4.69. The van der Waals surface area contributed by atoms with E-state index < -0.39 is 5.60 Å². The van der Waals surface area contributed by atoms with Gasteiger partial charge in [0, 0.05) is 13.6 Å². The van der Waals surface area contributed by atoms with Gasteiger partial charge in [0.05, 0.1) is 11.6 Å². The van der Waals surface area contributed by atoms with Crippen LogP contribution in [0.4, 0.5) is 0 Å². The predicted octanol–water partition coefficient (Wildman–Crippen LogP) is 1.77. The molecule has 1 amide bonds. The highest BCUT2D eigenvalue weighted by Crippen LogP contribution is 2.28. The second-order valence-electron chi connectivity index (χ2n) is 5.12. The summed E-state index contributed by atoms with van der Waals surface area (Å²) in [6.07, 6.45) is 1.03. The van der Waals surface area contributed by atoms with E-state index in [-0.39, 0.29) is 5.91 Å². The first-order valence-electron chi connectivity index (χ1n) is 6.60. The number of nitrogens with zero attached hydrogens (tertiary/aromatic N) is 2. The van der Waals surface area contributed by atoms with Gasteiger partial charge in [-0.1, -0.05) is 12.1 Å². The zero-order chi connectivity index (χ0) is 14.6. The average Bonchev–Trinajstić information content (AvgIpc) is 2.47. The molecule has 20 heavy (non-hydrogen) atoms. The van der Waals surface area contributed by atoms with Gasteiger partial charge in [-0.05, 0) is 42.0 Å². The number of aliphatic hydroxyl groups is 1. The summed E-state index contributed by atoms with van der Waals surface area (Å²) < 4.78 is 0. The van der Waals surface area contributed by atoms with Crippen molar-refractivity contribution in [3.8, 4) is 6.07 Å². The lowest BCUT2D eigenvalue weighted by Crippen LogP contribution is -2.49. The lowest BCUT2D eigenvalue weighted by molar-refractivity contribution is -0.151. The maximum absolute atomic E-state index is 12.4. The molecule has 0 unspecified atom stereocenters. The van der Waals surface area contributed by atoms with Crippen LogP contribution in [0, 0.1) is 11.3 Å². The van der Waals surface area contributed by atoms with Gasteiger partial charge in [-0.3, -0.25) is 4.79 Å². The van der Waals surface area contributed by atoms with Crippen LogP contribution in [0.15, 0.2) is 24.3 Å². The molecule has 1 heterocycles. The van der Waals surface area contributed by atoms with E-state index in [1.807, 2.05) is 6.07 Å². The standard InChI is InChI=1S/C15H18N2O2S/c1-17(11-13-4-2-3-12(9-13)10-16)14(18)15(19)5-7-20-8-6-15/h2-4,9,19H,5-8,11H2,1H3. The first kappa shape index (κ1) is 14.9. The molecule has 4 nitrogen and oxygen atoms in total. The molecule has 0 aliphatic carbocycles. The molecule has 2 rings (SSSR count). The van der Waals surface area contributed by atoms with Gasteiger partial charge in [0.15, 0.2) is 0 Å². The minimum atomic E-state index is -1.22. The van der Waals surface area contributed by atoms with Gasteiger partial charge in [0.1, 0.15) is 5.60 Å². The topological polar surface area (TPSA) is 64.3 Å². The van der Waals surface area contributed by atoms with Crippen LogP contribution in [0.25, 0.3) is 0 Å². The molecule has 1 aromatic carbocycles. The van der Waals surface area contributed by atoms with Crippen LogP contribution in [0.3, 0.4) is 0 Å². The van der Waals surface area contributed by atoms with E-state index in [2.05, 4.69) is 6.07 Å². The number of thioether (sulfide) groups is 1. The largest absolute Gasteiger partial charge is 0.380 e. The zero-order valence-electron chi connectivity index (χ0n) is 11.5. The fourth-order valence-corrected chi connectivity index (χ4v) is 3.53. The van der Waals surface area contributed by atoms with Crippen molar-refractivity contribution in [2.45, 2.75) is 25.0 Å². The SMILES string of the molecule is CN(Cc1cccc(C#N)c1)C(=O)C1(O)CCSCC1. The maximum Gasteiger partial charge on any atom is 0.254 e. The number of hydrogen-bond acceptors (Lipinski definition) is 4. The molecule has 0 atom stereocenters. The van der Waals surface area contributed by atoms with Gasteiger partial charge in [-0.2, -0.15) is 17.0 Å². The van der Waals surface area contributed by atoms with Crippen LogP contribution in [0.2, 0.25) is 0 Å². The van der Waals surface area contributed by atoms with E-state index >= 15 is 0 Å². The molecule has 0 saturated carbocycles. The van der Waals surface area contributed by atoms with Crippen LogP contribution < -0.4 is 0 Å². The summed E-state index contributed by atoms with van der Waals surface area (Å²) in [7, 11) is 1.70. The molecule has 0 radical (unpaired) electrons. The van der Waals surface area contributed by atoms with Crippen molar-refractivity contribution in [1.29, 1.82) is 5.26 Å². The fourth-order valence-electron chi connectivity index (χ4n) is 2.36. The van der Waals surface area contributed by atoms with E-state index in [1.54, 1.807) is 41.9 Å². The number of benzene rings is 1. The molecule has 1 N–H and O–H groups in total. The lowest BCUT2D eigenvalue weighted by atomic mass is 9.95. The highest BCUT2D eigenvalue weighted by atomic mass is 32.2. The number of rotatable bonds is 3. The predicted molar refractivity (Wildman–Crippen MR) is 79.1 cm³/mol. The molecule has 0 aromatic heterocycles. The Morgan fingerprint density at radius 2 is 2.20 bits per heavy atom. The summed E-state index contributed by atoms with van der Waals surface area (Å²) in [5.41, 5.74) is 0.261. The Bertz CT molecular complexity index is 533. The normalized spacial score (nSPS) is 17.2. The molecule has 5 heteroatoms. The molecule has 1 aliphatic heterocycles. The number of carbonyl (C=O) groups excluding carboxylic acids is 1. The monoisotopic (exact) mass is 290 g/mol. The molecule has 1 aliphatic rings. The highest BCUT2D eigenvalue weighted by Gasteiger charge is 2.39. The number of hydrogen-bond donors (Lipinski definition) is 1. The molecule has 0 spiro atoms. The Morgan fingerprint density at radius 1 is 1.50 bits per heavy atom. The third-order valence-corrected chi connectivity index (χ3v) is 4.53. The third kappa shape index (κ3) is 3.33. The second kappa shape index (κ2) is 6.29. The molecular formula is C15H18N2O2S. The first-order valence-corrected chi connectivity index (χ1v) is 7.75. The van der Waals surface area contributed by atoms with Crippen molar-refractivity contribution < 1.29 is 9.90 Å². The van der Waals surface area contributed by atoms with E-state index in [0.717, 1.165) is 17.1 Å². The van der Waals surface area contributed by atoms with Crippen LogP contribution in [-0.2, 0) is 11.3 Å². The second-order valence-corrected chi connectivity index (χ2v) is 6.34. The average molecular weight is 290 g/mol. The number of carbonyl (C=O) groups is 1. The number of nitriles is 1. The Hall–Kier alpha value is -1.51. The fraction of sp³-hybridized carbons (Fsp3) is 0.467. The molecule has 1 saturated heterocycles. The summed E-state index contributed by atoms with van der Waals surface area (Å²) in [6, 6.07) is 9.27. The minimum absolute atomic E-state index is 0.222. The van der Waals surface area contributed by atoms with Crippen molar-refractivity contribution in [1.82, 2.24) is 4.90 Å². The van der Waals surface area contributed by atoms with Crippen LogP contribution in [0.1, 0.15) is 24.0 Å². The van der Waals surface area contributed by atoms with E-state index in [0.29, 0.717) is 24.9 Å². The first-order chi connectivity index (χ1) is 9.55. The minimum Gasteiger partial charge on any atom is -0.380 e. The zero-order valence-corrected chi connectivity index (χ0v) is 12.3. The number of likely N-dealkylation sites (N-methyl/N-ethyl adjacent to an activating group) is 1. The molecule has 1 aromatic rings. The van der Waals surface area contributed by atoms with Crippen molar-refractivity contribution >= 4 is 17.7 Å².